The molecular weight excluding hydrogens is 624 g/mol. The Hall–Kier alpha value is -3.91. The number of piperidine rings is 1. The maximum absolute atomic E-state index is 15.5. The van der Waals surface area contributed by atoms with Crippen LogP contribution in [0.4, 0.5) is 13.6 Å². The number of ether oxygens (including phenoxy) is 2. The molecule has 1 unspecified atom stereocenters. The number of fused-ring (bicyclic) bond motifs is 1. The number of carbonyl (C=O) groups is 1. The summed E-state index contributed by atoms with van der Waals surface area (Å²) in [6.07, 6.45) is 2.48. The fourth-order valence-corrected chi connectivity index (χ4v) is 6.22. The topological polar surface area (TPSA) is 109 Å². The largest absolute Gasteiger partial charge is 0.479 e. The van der Waals surface area contributed by atoms with E-state index >= 15 is 4.39 Å². The van der Waals surface area contributed by atoms with Crippen molar-refractivity contribution < 1.29 is 27.5 Å². The van der Waals surface area contributed by atoms with Gasteiger partial charge in [-0.15, -0.1) is 5.10 Å². The standard InChI is InChI=1S/C33H45F2N7O4Si/c1-21-30(38-39-42(21)26-13-15-40(19-24(26)35)31(43)46-32(2,3)4)22-16-28(27-12-14-37-41(27)18-22)45-29(25-11-10-23(34)17-36-25)20-44-47(8,9)33(5,6)7/h10-12,14,16-18,24,26,29H,13,15,19-20H2,1-9H3/t24-,26-,29?/m1/s1. The molecular formula is C33H45F2N7O4Si. The first kappa shape index (κ1) is 34.4. The summed E-state index contributed by atoms with van der Waals surface area (Å²) in [5, 5.41) is 13.2. The second kappa shape index (κ2) is 12.9. The summed E-state index contributed by atoms with van der Waals surface area (Å²) in [7, 11) is -2.16. The molecule has 1 aliphatic rings. The summed E-state index contributed by atoms with van der Waals surface area (Å²) >= 11 is 0. The average molecular weight is 670 g/mol. The molecule has 1 fully saturated rings. The van der Waals surface area contributed by atoms with Gasteiger partial charge in [-0.05, 0) is 76.5 Å². The number of pyridine rings is 2. The lowest BCUT2D eigenvalue weighted by molar-refractivity contribution is 0.00546. The molecule has 0 aromatic carbocycles. The van der Waals surface area contributed by atoms with Crippen molar-refractivity contribution in [2.24, 2.45) is 0 Å². The van der Waals surface area contributed by atoms with Crippen LogP contribution < -0.4 is 4.74 Å². The van der Waals surface area contributed by atoms with E-state index in [0.29, 0.717) is 46.9 Å². The summed E-state index contributed by atoms with van der Waals surface area (Å²) in [4.78, 5) is 18.3. The van der Waals surface area contributed by atoms with E-state index in [1.165, 1.54) is 17.2 Å². The smallest absolute Gasteiger partial charge is 0.410 e. The summed E-state index contributed by atoms with van der Waals surface area (Å²) in [6, 6.07) is 6.04. The first-order valence-corrected chi connectivity index (χ1v) is 18.8. The van der Waals surface area contributed by atoms with Crippen molar-refractivity contribution in [1.29, 1.82) is 0 Å². The lowest BCUT2D eigenvalue weighted by Gasteiger charge is -2.37. The summed E-state index contributed by atoms with van der Waals surface area (Å²) in [5.74, 6) is 0.0560. The maximum Gasteiger partial charge on any atom is 0.410 e. The van der Waals surface area contributed by atoms with Crippen LogP contribution >= 0.6 is 0 Å². The minimum Gasteiger partial charge on any atom is -0.479 e. The van der Waals surface area contributed by atoms with Crippen LogP contribution in [0.3, 0.4) is 0 Å². The Morgan fingerprint density at radius 2 is 1.89 bits per heavy atom. The van der Waals surface area contributed by atoms with Gasteiger partial charge in [-0.3, -0.25) is 4.98 Å². The third kappa shape index (κ3) is 7.64. The molecule has 0 bridgehead atoms. The molecule has 47 heavy (non-hydrogen) atoms. The van der Waals surface area contributed by atoms with E-state index in [4.69, 9.17) is 13.9 Å². The molecule has 5 heterocycles. The molecule has 4 aromatic rings. The SMILES string of the molecule is Cc1c(-c2cc(OC(CO[Si](C)(C)C(C)(C)C)c3ccc(F)cn3)c3ccnn3c2)nnn1[C@@H]1CCN(C(=O)OC(C)(C)C)C[C@H]1F. The predicted octanol–water partition coefficient (Wildman–Crippen LogP) is 7.10. The number of rotatable bonds is 8. The summed E-state index contributed by atoms with van der Waals surface area (Å²) in [6.45, 7) is 18.5. The molecule has 14 heteroatoms. The van der Waals surface area contributed by atoms with Crippen molar-refractivity contribution >= 4 is 19.9 Å². The molecule has 0 saturated carbocycles. The third-order valence-corrected chi connectivity index (χ3v) is 13.4. The zero-order valence-electron chi connectivity index (χ0n) is 28.6. The number of carbonyl (C=O) groups excluding carboxylic acids is 1. The number of aromatic nitrogens is 6. The number of amides is 1. The molecule has 1 saturated heterocycles. The average Bonchev–Trinajstić information content (AvgIpc) is 3.61. The number of hydrogen-bond donors (Lipinski definition) is 0. The molecule has 11 nitrogen and oxygen atoms in total. The predicted molar refractivity (Wildman–Crippen MR) is 176 cm³/mol. The van der Waals surface area contributed by atoms with Crippen molar-refractivity contribution in [3.05, 3.63) is 60.1 Å². The molecule has 4 aromatic heterocycles. The minimum absolute atomic E-state index is 0.0271. The van der Waals surface area contributed by atoms with Gasteiger partial charge in [0.05, 0.1) is 43.0 Å². The van der Waals surface area contributed by atoms with Crippen LogP contribution in [-0.2, 0) is 9.16 Å². The van der Waals surface area contributed by atoms with E-state index in [1.54, 1.807) is 42.2 Å². The van der Waals surface area contributed by atoms with E-state index in [-0.39, 0.29) is 18.2 Å². The van der Waals surface area contributed by atoms with E-state index in [2.05, 4.69) is 54.3 Å². The fourth-order valence-electron chi connectivity index (χ4n) is 5.21. The van der Waals surface area contributed by atoms with E-state index in [9.17, 15) is 9.18 Å². The van der Waals surface area contributed by atoms with Gasteiger partial charge in [0.1, 0.15) is 34.6 Å². The maximum atomic E-state index is 15.5. The normalized spacial score (nSPS) is 18.4. The van der Waals surface area contributed by atoms with Gasteiger partial charge in [0, 0.05) is 18.3 Å². The van der Waals surface area contributed by atoms with Crippen molar-refractivity contribution in [2.45, 2.75) is 96.9 Å². The van der Waals surface area contributed by atoms with Gasteiger partial charge in [0.2, 0.25) is 0 Å². The molecule has 1 amide bonds. The van der Waals surface area contributed by atoms with Crippen molar-refractivity contribution in [3.63, 3.8) is 0 Å². The van der Waals surface area contributed by atoms with Gasteiger partial charge >= 0.3 is 6.09 Å². The van der Waals surface area contributed by atoms with E-state index < -0.39 is 44.1 Å². The first-order valence-electron chi connectivity index (χ1n) is 15.9. The summed E-state index contributed by atoms with van der Waals surface area (Å²) < 4.78 is 51.2. The van der Waals surface area contributed by atoms with Gasteiger partial charge in [-0.1, -0.05) is 26.0 Å². The quantitative estimate of drug-likeness (QED) is 0.183. The number of halogens is 2. The Balaban J connectivity index is 1.42. The highest BCUT2D eigenvalue weighted by Crippen LogP contribution is 2.38. The monoisotopic (exact) mass is 669 g/mol. The number of alkyl halides is 1. The lowest BCUT2D eigenvalue weighted by Crippen LogP contribution is -2.47. The Kier molecular flexibility index (Phi) is 9.48. The van der Waals surface area contributed by atoms with Gasteiger partial charge < -0.3 is 18.8 Å². The van der Waals surface area contributed by atoms with Crippen molar-refractivity contribution in [1.82, 2.24) is 34.5 Å². The molecule has 0 spiro atoms. The molecule has 1 aliphatic heterocycles. The Morgan fingerprint density at radius 3 is 2.53 bits per heavy atom. The lowest BCUT2D eigenvalue weighted by atomic mass is 10.0. The van der Waals surface area contributed by atoms with Crippen molar-refractivity contribution in [3.8, 4) is 17.0 Å². The van der Waals surface area contributed by atoms with Crippen LogP contribution in [0.5, 0.6) is 5.75 Å². The molecule has 5 rings (SSSR count). The van der Waals surface area contributed by atoms with E-state index in [1.807, 2.05) is 25.3 Å². The highest BCUT2D eigenvalue weighted by atomic mass is 28.4. The molecule has 0 N–H and O–H groups in total. The molecule has 254 valence electrons. The van der Waals surface area contributed by atoms with Gasteiger partial charge in [0.15, 0.2) is 14.4 Å². The highest BCUT2D eigenvalue weighted by molar-refractivity contribution is 6.74. The number of likely N-dealkylation sites (tertiary alicyclic amines) is 1. The third-order valence-electron chi connectivity index (χ3n) is 8.90. The van der Waals surface area contributed by atoms with Gasteiger partial charge in [-0.25, -0.2) is 22.8 Å². The van der Waals surface area contributed by atoms with Crippen LogP contribution in [0.15, 0.2) is 42.9 Å². The van der Waals surface area contributed by atoms with Gasteiger partial charge in [0.25, 0.3) is 0 Å². The van der Waals surface area contributed by atoms with Crippen LogP contribution in [0.2, 0.25) is 18.1 Å². The van der Waals surface area contributed by atoms with Crippen LogP contribution in [0.1, 0.15) is 71.5 Å². The van der Waals surface area contributed by atoms with E-state index in [0.717, 1.165) is 0 Å². The zero-order valence-corrected chi connectivity index (χ0v) is 29.6. The second-order valence-electron chi connectivity index (χ2n) is 14.6. The van der Waals surface area contributed by atoms with Crippen LogP contribution in [0.25, 0.3) is 16.8 Å². The molecule has 3 atom stereocenters. The van der Waals surface area contributed by atoms with Crippen molar-refractivity contribution in [2.75, 3.05) is 19.7 Å². The Morgan fingerprint density at radius 1 is 1.15 bits per heavy atom. The summed E-state index contributed by atoms with van der Waals surface area (Å²) in [5.41, 5.74) is 2.45. The highest BCUT2D eigenvalue weighted by Gasteiger charge is 2.39. The first-order chi connectivity index (χ1) is 21.9. The number of hydrogen-bond acceptors (Lipinski definition) is 8. The minimum atomic E-state index is -2.16. The van der Waals surface area contributed by atoms with Gasteiger partial charge in [-0.2, -0.15) is 5.10 Å². The second-order valence-corrected chi connectivity index (χ2v) is 19.4. The van der Waals surface area contributed by atoms with Crippen LogP contribution in [0, 0.1) is 12.7 Å². The zero-order chi connectivity index (χ0) is 34.3. The Bertz CT molecular complexity index is 1710. The Labute approximate surface area is 275 Å². The number of nitrogens with zero attached hydrogens (tertiary/aromatic N) is 7. The fraction of sp³-hybridized carbons (Fsp3) is 0.545. The molecule has 0 aliphatic carbocycles. The molecule has 0 radical (unpaired) electrons. The van der Waals surface area contributed by atoms with Crippen LogP contribution in [-0.4, -0.2) is 80.4 Å².